The molecule has 1 aliphatic heterocycles. The van der Waals surface area contributed by atoms with E-state index in [4.69, 9.17) is 0 Å². The SMILES string of the molecule is Cn1ccc(NCC(=O)N2CCN(S(=O)(=O)c3ccc(OC(F)(F)F)cc3)[C@@H](C(=O)O)C2)n1. The molecule has 1 saturated heterocycles. The smallest absolute Gasteiger partial charge is 0.480 e. The number of rotatable bonds is 7. The zero-order chi connectivity index (χ0) is 24.4. The molecule has 33 heavy (non-hydrogen) atoms. The van der Waals surface area contributed by atoms with Gasteiger partial charge in [-0.25, -0.2) is 8.42 Å². The summed E-state index contributed by atoms with van der Waals surface area (Å²) in [5.74, 6) is -2.09. The second-order valence-corrected chi connectivity index (χ2v) is 8.95. The fourth-order valence-corrected chi connectivity index (χ4v) is 4.78. The summed E-state index contributed by atoms with van der Waals surface area (Å²) < 4.78 is 68.8. The highest BCUT2D eigenvalue weighted by atomic mass is 32.2. The molecular formula is C18H20F3N5O6S. The van der Waals surface area contributed by atoms with E-state index in [1.165, 1.54) is 9.58 Å². The molecule has 0 radical (unpaired) electrons. The van der Waals surface area contributed by atoms with Crippen molar-refractivity contribution in [1.82, 2.24) is 19.0 Å². The molecule has 11 nitrogen and oxygen atoms in total. The average Bonchev–Trinajstić information content (AvgIpc) is 3.16. The van der Waals surface area contributed by atoms with Gasteiger partial charge in [-0.15, -0.1) is 13.2 Å². The number of piperazine rings is 1. The van der Waals surface area contributed by atoms with E-state index in [1.807, 2.05) is 0 Å². The van der Waals surface area contributed by atoms with Gasteiger partial charge in [0.05, 0.1) is 11.4 Å². The van der Waals surface area contributed by atoms with E-state index in [2.05, 4.69) is 15.2 Å². The Balaban J connectivity index is 1.70. The fourth-order valence-electron chi connectivity index (χ4n) is 3.22. The summed E-state index contributed by atoms with van der Waals surface area (Å²) >= 11 is 0. The number of anilines is 1. The van der Waals surface area contributed by atoms with E-state index in [9.17, 15) is 36.3 Å². The van der Waals surface area contributed by atoms with E-state index < -0.39 is 51.5 Å². The lowest BCUT2D eigenvalue weighted by molar-refractivity contribution is -0.274. The number of benzene rings is 1. The van der Waals surface area contributed by atoms with E-state index >= 15 is 0 Å². The van der Waals surface area contributed by atoms with Crippen molar-refractivity contribution in [2.24, 2.45) is 7.05 Å². The van der Waals surface area contributed by atoms with Gasteiger partial charge in [0.2, 0.25) is 15.9 Å². The maximum atomic E-state index is 13.0. The summed E-state index contributed by atoms with van der Waals surface area (Å²) in [7, 11) is -2.67. The van der Waals surface area contributed by atoms with Crippen molar-refractivity contribution in [3.63, 3.8) is 0 Å². The van der Waals surface area contributed by atoms with E-state index in [0.29, 0.717) is 10.1 Å². The Morgan fingerprint density at radius 2 is 1.88 bits per heavy atom. The molecule has 1 aromatic carbocycles. The number of nitrogens with zero attached hydrogens (tertiary/aromatic N) is 4. The number of alkyl halides is 3. The molecule has 0 spiro atoms. The zero-order valence-electron chi connectivity index (χ0n) is 17.2. The van der Waals surface area contributed by atoms with Crippen LogP contribution in [0.2, 0.25) is 0 Å². The first-order valence-corrected chi connectivity index (χ1v) is 10.9. The van der Waals surface area contributed by atoms with Crippen LogP contribution in [0.3, 0.4) is 0 Å². The number of carbonyl (C=O) groups excluding carboxylic acids is 1. The molecule has 2 aromatic rings. The quantitative estimate of drug-likeness (QED) is 0.579. The van der Waals surface area contributed by atoms with Crippen LogP contribution in [-0.4, -0.2) is 83.0 Å². The van der Waals surface area contributed by atoms with Crippen LogP contribution in [0.15, 0.2) is 41.4 Å². The van der Waals surface area contributed by atoms with Crippen molar-refractivity contribution >= 4 is 27.7 Å². The summed E-state index contributed by atoms with van der Waals surface area (Å²) in [5, 5.41) is 16.4. The molecule has 1 aliphatic rings. The molecule has 1 aromatic heterocycles. The van der Waals surface area contributed by atoms with Gasteiger partial charge in [-0.05, 0) is 24.3 Å². The predicted octanol–water partition coefficient (Wildman–Crippen LogP) is 0.717. The average molecular weight is 491 g/mol. The van der Waals surface area contributed by atoms with Gasteiger partial charge in [-0.3, -0.25) is 14.3 Å². The number of hydrogen-bond donors (Lipinski definition) is 2. The number of nitrogens with one attached hydrogen (secondary N) is 1. The molecule has 1 amide bonds. The highest BCUT2D eigenvalue weighted by Crippen LogP contribution is 2.27. The van der Waals surface area contributed by atoms with Crippen LogP contribution in [0, 0.1) is 0 Å². The normalized spacial score (nSPS) is 17.6. The minimum Gasteiger partial charge on any atom is -0.480 e. The fraction of sp³-hybridized carbons (Fsp3) is 0.389. The molecule has 0 unspecified atom stereocenters. The Morgan fingerprint density at radius 1 is 1.21 bits per heavy atom. The Hall–Kier alpha value is -3.33. The standard InChI is InChI=1S/C18H20F3N5O6S/c1-24-7-6-15(23-24)22-10-16(27)25-8-9-26(14(11-25)17(28)29)33(30,31)13-4-2-12(3-5-13)32-18(19,20)21/h2-7,14H,8-11H2,1H3,(H,22,23)(H,28,29)/t14-/m1/s1. The van der Waals surface area contributed by atoms with Crippen molar-refractivity contribution in [3.8, 4) is 5.75 Å². The van der Waals surface area contributed by atoms with Gasteiger partial charge in [0.1, 0.15) is 17.6 Å². The number of ether oxygens (including phenoxy) is 1. The first kappa shape index (κ1) is 24.3. The number of aromatic nitrogens is 2. The number of aryl methyl sites for hydroxylation is 1. The van der Waals surface area contributed by atoms with Crippen LogP contribution >= 0.6 is 0 Å². The number of carboxylic acid groups (broad SMARTS) is 1. The van der Waals surface area contributed by atoms with Gasteiger partial charge in [0.25, 0.3) is 0 Å². The van der Waals surface area contributed by atoms with Crippen molar-refractivity contribution in [1.29, 1.82) is 0 Å². The van der Waals surface area contributed by atoms with E-state index in [1.54, 1.807) is 19.3 Å². The Bertz CT molecular complexity index is 1120. The number of carboxylic acids is 1. The molecule has 2 heterocycles. The Kier molecular flexibility index (Phi) is 6.83. The van der Waals surface area contributed by atoms with Crippen LogP contribution in [0.5, 0.6) is 5.75 Å². The van der Waals surface area contributed by atoms with Gasteiger partial charge < -0.3 is 20.1 Å². The largest absolute Gasteiger partial charge is 0.573 e. The summed E-state index contributed by atoms with van der Waals surface area (Å²) in [6.07, 6.45) is -3.28. The topological polar surface area (TPSA) is 134 Å². The van der Waals surface area contributed by atoms with Crippen LogP contribution in [0.1, 0.15) is 0 Å². The van der Waals surface area contributed by atoms with Crippen LogP contribution in [0.25, 0.3) is 0 Å². The Labute approximate surface area is 186 Å². The molecule has 1 atom stereocenters. The minimum atomic E-state index is -4.94. The first-order chi connectivity index (χ1) is 15.4. The molecule has 1 fully saturated rings. The van der Waals surface area contributed by atoms with E-state index in [-0.39, 0.29) is 19.6 Å². The van der Waals surface area contributed by atoms with Gasteiger partial charge in [-0.1, -0.05) is 0 Å². The summed E-state index contributed by atoms with van der Waals surface area (Å²) in [6, 6.07) is 3.49. The molecule has 3 rings (SSSR count). The molecule has 15 heteroatoms. The third-order valence-corrected chi connectivity index (χ3v) is 6.69. The lowest BCUT2D eigenvalue weighted by Crippen LogP contribution is -2.59. The van der Waals surface area contributed by atoms with Crippen molar-refractivity contribution in [3.05, 3.63) is 36.5 Å². The maximum Gasteiger partial charge on any atom is 0.573 e. The van der Waals surface area contributed by atoms with Gasteiger partial charge in [0, 0.05) is 38.9 Å². The van der Waals surface area contributed by atoms with Gasteiger partial charge in [0.15, 0.2) is 0 Å². The van der Waals surface area contributed by atoms with Gasteiger partial charge >= 0.3 is 12.3 Å². The summed E-state index contributed by atoms with van der Waals surface area (Å²) in [4.78, 5) is 25.1. The third-order valence-electron chi connectivity index (χ3n) is 4.77. The summed E-state index contributed by atoms with van der Waals surface area (Å²) in [6.45, 7) is -0.945. The van der Waals surface area contributed by atoms with E-state index in [0.717, 1.165) is 24.3 Å². The van der Waals surface area contributed by atoms with Crippen molar-refractivity contribution < 1.29 is 41.0 Å². The zero-order valence-corrected chi connectivity index (χ0v) is 18.0. The maximum absolute atomic E-state index is 13.0. The third kappa shape index (κ3) is 5.92. The number of sulfonamides is 1. The number of aliphatic carboxylic acids is 1. The number of hydrogen-bond acceptors (Lipinski definition) is 7. The molecular weight excluding hydrogens is 471 g/mol. The minimum absolute atomic E-state index is 0.0684. The molecule has 0 aliphatic carbocycles. The molecule has 0 bridgehead atoms. The monoisotopic (exact) mass is 491 g/mol. The molecule has 0 saturated carbocycles. The Morgan fingerprint density at radius 3 is 2.42 bits per heavy atom. The lowest BCUT2D eigenvalue weighted by Gasteiger charge is -2.38. The van der Waals surface area contributed by atoms with Crippen molar-refractivity contribution in [2.45, 2.75) is 17.3 Å². The summed E-state index contributed by atoms with van der Waals surface area (Å²) in [5.41, 5.74) is 0. The van der Waals surface area contributed by atoms with Crippen LogP contribution in [-0.2, 0) is 26.7 Å². The second-order valence-electron chi connectivity index (χ2n) is 7.06. The first-order valence-electron chi connectivity index (χ1n) is 9.48. The predicted molar refractivity (Wildman–Crippen MR) is 107 cm³/mol. The second kappa shape index (κ2) is 9.27. The molecule has 2 N–H and O–H groups in total. The van der Waals surface area contributed by atoms with Crippen LogP contribution in [0.4, 0.5) is 19.0 Å². The number of amides is 1. The highest BCUT2D eigenvalue weighted by molar-refractivity contribution is 7.89. The van der Waals surface area contributed by atoms with Crippen LogP contribution < -0.4 is 10.1 Å². The number of halogens is 3. The molecule has 180 valence electrons. The highest BCUT2D eigenvalue weighted by Gasteiger charge is 2.41. The van der Waals surface area contributed by atoms with Crippen molar-refractivity contribution in [2.75, 3.05) is 31.5 Å². The lowest BCUT2D eigenvalue weighted by atomic mass is 10.2. The number of carbonyl (C=O) groups is 2. The van der Waals surface area contributed by atoms with Gasteiger partial charge in [-0.2, -0.15) is 9.40 Å².